The van der Waals surface area contributed by atoms with Gasteiger partial charge >= 0.3 is 0 Å². The lowest BCUT2D eigenvalue weighted by atomic mass is 10.0. The Hall–Kier alpha value is -7.63. The minimum atomic E-state index is 0.535. The fourth-order valence-corrected chi connectivity index (χ4v) is 7.80. The molecule has 0 unspecified atom stereocenters. The molecule has 0 radical (unpaired) electrons. The number of nitrogens with zero attached hydrogens (tertiary/aromatic N) is 4. The van der Waals surface area contributed by atoms with Crippen molar-refractivity contribution in [3.8, 4) is 45.0 Å². The fraction of sp³-hybridized carbons (Fsp3) is 0.0192. The molecule has 0 aliphatic rings. The minimum absolute atomic E-state index is 0.535. The van der Waals surface area contributed by atoms with Gasteiger partial charge in [0, 0.05) is 43.8 Å². The van der Waals surface area contributed by atoms with Gasteiger partial charge in [-0.05, 0) is 54.0 Å². The summed E-state index contributed by atoms with van der Waals surface area (Å²) in [5.74, 6) is 1.71. The molecule has 0 amide bonds. The molecule has 0 saturated carbocycles. The molecule has 0 saturated heterocycles. The van der Waals surface area contributed by atoms with Gasteiger partial charge in [-0.2, -0.15) is 0 Å². The number of benzene rings is 7. The molecule has 7 aromatic carbocycles. The first-order valence-corrected chi connectivity index (χ1v) is 19.1. The highest BCUT2D eigenvalue weighted by Crippen LogP contribution is 2.41. The predicted octanol–water partition coefficient (Wildman–Crippen LogP) is 13.7. The van der Waals surface area contributed by atoms with Crippen molar-refractivity contribution in [2.24, 2.45) is 0 Å². The number of hydrogen-bond acceptors (Lipinski definition) is 4. The average Bonchev–Trinajstić information content (AvgIpc) is 3.83. The fourth-order valence-electron chi connectivity index (χ4n) is 7.80. The molecule has 0 aliphatic carbocycles. The standard InChI is InChI=1S/C52H36N4O/c1-3-4-20-40(52-54-50(37-18-9-6-10-19-37)53-51(55-52)38-29-27-36(28-30-38)35-16-7-5-8-17-35)34(2)56-46-25-13-11-21-42(46)45-33-39(31-32-47(45)56)41-23-15-24-44-43-22-12-14-26-48(43)57-49(41)44/h3-33H,2H2,1H3/b4-3-,40-20+. The van der Waals surface area contributed by atoms with Gasteiger partial charge in [-0.25, -0.2) is 15.0 Å². The van der Waals surface area contributed by atoms with E-state index in [4.69, 9.17) is 25.9 Å². The summed E-state index contributed by atoms with van der Waals surface area (Å²) < 4.78 is 8.68. The molecule has 5 nitrogen and oxygen atoms in total. The topological polar surface area (TPSA) is 56.7 Å². The summed E-state index contributed by atoms with van der Waals surface area (Å²) in [7, 11) is 0. The van der Waals surface area contributed by atoms with E-state index in [9.17, 15) is 0 Å². The molecule has 0 atom stereocenters. The van der Waals surface area contributed by atoms with Crippen LogP contribution < -0.4 is 0 Å². The first-order valence-electron chi connectivity index (χ1n) is 19.1. The molecule has 270 valence electrons. The summed E-state index contributed by atoms with van der Waals surface area (Å²) in [5.41, 5.74) is 11.6. The second-order valence-electron chi connectivity index (χ2n) is 14.0. The van der Waals surface area contributed by atoms with Gasteiger partial charge in [0.1, 0.15) is 11.2 Å². The van der Waals surface area contributed by atoms with Gasteiger partial charge in [-0.1, -0.05) is 164 Å². The maximum Gasteiger partial charge on any atom is 0.166 e. The molecular weight excluding hydrogens is 697 g/mol. The minimum Gasteiger partial charge on any atom is -0.455 e. The largest absolute Gasteiger partial charge is 0.455 e. The monoisotopic (exact) mass is 732 g/mol. The maximum absolute atomic E-state index is 6.46. The van der Waals surface area contributed by atoms with Gasteiger partial charge in [0.25, 0.3) is 0 Å². The van der Waals surface area contributed by atoms with Crippen molar-refractivity contribution in [1.82, 2.24) is 19.5 Å². The summed E-state index contributed by atoms with van der Waals surface area (Å²) in [6.45, 7) is 6.77. The van der Waals surface area contributed by atoms with Gasteiger partial charge in [0.2, 0.25) is 0 Å². The van der Waals surface area contributed by atoms with Crippen LogP contribution in [-0.2, 0) is 0 Å². The quantitative estimate of drug-likeness (QED) is 0.146. The highest BCUT2D eigenvalue weighted by Gasteiger charge is 2.21. The molecule has 0 fully saturated rings. The number of furan rings is 1. The zero-order valence-electron chi connectivity index (χ0n) is 31.3. The lowest BCUT2D eigenvalue weighted by molar-refractivity contribution is 0.670. The first kappa shape index (κ1) is 33.9. The Balaban J connectivity index is 1.12. The van der Waals surface area contributed by atoms with Crippen LogP contribution in [0.15, 0.2) is 199 Å². The Morgan fingerprint density at radius 1 is 0.526 bits per heavy atom. The van der Waals surface area contributed by atoms with Crippen LogP contribution in [0.3, 0.4) is 0 Å². The Labute approximate surface area is 330 Å². The zero-order chi connectivity index (χ0) is 38.3. The van der Waals surface area contributed by atoms with Crippen molar-refractivity contribution >= 4 is 55.0 Å². The van der Waals surface area contributed by atoms with Crippen LogP contribution in [0.25, 0.3) is 100 Å². The van der Waals surface area contributed by atoms with Crippen molar-refractivity contribution in [3.63, 3.8) is 0 Å². The smallest absolute Gasteiger partial charge is 0.166 e. The third kappa shape index (κ3) is 6.03. The predicted molar refractivity (Wildman–Crippen MR) is 236 cm³/mol. The lowest BCUT2D eigenvalue weighted by Gasteiger charge is -2.16. The molecule has 0 spiro atoms. The van der Waals surface area contributed by atoms with Crippen LogP contribution in [0.4, 0.5) is 0 Å². The molecule has 57 heavy (non-hydrogen) atoms. The van der Waals surface area contributed by atoms with Crippen molar-refractivity contribution in [3.05, 3.63) is 200 Å². The summed E-state index contributed by atoms with van der Waals surface area (Å²) in [6.07, 6.45) is 6.07. The van der Waals surface area contributed by atoms with Crippen LogP contribution in [0.5, 0.6) is 0 Å². The summed E-state index contributed by atoms with van der Waals surface area (Å²) in [6, 6.07) is 58.5. The second-order valence-corrected chi connectivity index (χ2v) is 14.0. The summed E-state index contributed by atoms with van der Waals surface area (Å²) in [5, 5.41) is 4.46. The van der Waals surface area contributed by atoms with Gasteiger partial charge in [-0.15, -0.1) is 0 Å². The molecule has 10 rings (SSSR count). The van der Waals surface area contributed by atoms with E-state index in [2.05, 4.69) is 126 Å². The van der Waals surface area contributed by atoms with E-state index in [1.54, 1.807) is 0 Å². The Bertz CT molecular complexity index is 3190. The van der Waals surface area contributed by atoms with Crippen LogP contribution in [0.2, 0.25) is 0 Å². The third-order valence-corrected chi connectivity index (χ3v) is 10.6. The number of aromatic nitrogens is 4. The molecule has 5 heteroatoms. The highest BCUT2D eigenvalue weighted by atomic mass is 16.3. The van der Waals surface area contributed by atoms with Crippen molar-refractivity contribution in [2.75, 3.05) is 0 Å². The lowest BCUT2D eigenvalue weighted by Crippen LogP contribution is -2.06. The number of para-hydroxylation sites is 3. The van der Waals surface area contributed by atoms with Crippen LogP contribution in [-0.4, -0.2) is 19.5 Å². The molecule has 0 N–H and O–H groups in total. The normalized spacial score (nSPS) is 12.1. The molecule has 0 bridgehead atoms. The van der Waals surface area contributed by atoms with E-state index in [0.717, 1.165) is 88.4 Å². The van der Waals surface area contributed by atoms with Crippen LogP contribution in [0, 0.1) is 0 Å². The van der Waals surface area contributed by atoms with Crippen molar-refractivity contribution in [2.45, 2.75) is 6.92 Å². The first-order chi connectivity index (χ1) is 28.1. The van der Waals surface area contributed by atoms with E-state index >= 15 is 0 Å². The molecule has 3 heterocycles. The Morgan fingerprint density at radius 3 is 1.86 bits per heavy atom. The third-order valence-electron chi connectivity index (χ3n) is 10.6. The van der Waals surface area contributed by atoms with E-state index in [0.29, 0.717) is 17.5 Å². The number of rotatable bonds is 8. The van der Waals surface area contributed by atoms with Crippen molar-refractivity contribution < 1.29 is 4.42 Å². The van der Waals surface area contributed by atoms with Gasteiger partial charge in [0.05, 0.1) is 16.7 Å². The van der Waals surface area contributed by atoms with Crippen molar-refractivity contribution in [1.29, 1.82) is 0 Å². The second kappa shape index (κ2) is 14.2. The SMILES string of the molecule is C=C(/C(=C\C=C/C)c1nc(-c2ccccc2)nc(-c2ccc(-c3ccccc3)cc2)n1)n1c2ccccc2c2cc(-c3cccc4c3oc3ccccc34)ccc21. The van der Waals surface area contributed by atoms with E-state index in [-0.39, 0.29) is 0 Å². The highest BCUT2D eigenvalue weighted by molar-refractivity contribution is 6.15. The summed E-state index contributed by atoms with van der Waals surface area (Å²) >= 11 is 0. The average molecular weight is 733 g/mol. The number of hydrogen-bond donors (Lipinski definition) is 0. The molecular formula is C52H36N4O. The van der Waals surface area contributed by atoms with Gasteiger partial charge in [0.15, 0.2) is 17.5 Å². The Kier molecular flexibility index (Phi) is 8.46. The van der Waals surface area contributed by atoms with Crippen LogP contribution in [0.1, 0.15) is 12.7 Å². The van der Waals surface area contributed by atoms with Gasteiger partial charge in [-0.3, -0.25) is 0 Å². The van der Waals surface area contributed by atoms with E-state index in [1.165, 1.54) is 0 Å². The summed E-state index contributed by atoms with van der Waals surface area (Å²) in [4.78, 5) is 15.3. The number of fused-ring (bicyclic) bond motifs is 6. The molecule has 3 aromatic heterocycles. The Morgan fingerprint density at radius 2 is 1.11 bits per heavy atom. The van der Waals surface area contributed by atoms with E-state index in [1.807, 2.05) is 73.7 Å². The zero-order valence-corrected chi connectivity index (χ0v) is 31.3. The maximum atomic E-state index is 6.46. The van der Waals surface area contributed by atoms with Gasteiger partial charge < -0.3 is 8.98 Å². The van der Waals surface area contributed by atoms with E-state index < -0.39 is 0 Å². The van der Waals surface area contributed by atoms with Crippen LogP contribution >= 0.6 is 0 Å². The molecule has 0 aliphatic heterocycles. The number of allylic oxidation sites excluding steroid dienone is 5. The molecule has 10 aromatic rings.